The van der Waals surface area contributed by atoms with Gasteiger partial charge in [0, 0.05) is 11.1 Å². The Bertz CT molecular complexity index is 788. The summed E-state index contributed by atoms with van der Waals surface area (Å²) in [6.45, 7) is 2.51. The number of rotatable bonds is 9. The van der Waals surface area contributed by atoms with E-state index >= 15 is 0 Å². The molecular weight excluding hydrogens is 346 g/mol. The Morgan fingerprint density at radius 1 is 1.15 bits per heavy atom. The highest BCUT2D eigenvalue weighted by atomic mass is 16.5. The van der Waals surface area contributed by atoms with Crippen LogP contribution in [0.25, 0.3) is 0 Å². The molecule has 2 aromatic carbocycles. The van der Waals surface area contributed by atoms with E-state index in [4.69, 9.17) is 4.74 Å². The van der Waals surface area contributed by atoms with Gasteiger partial charge in [0.05, 0.1) is 19.4 Å². The lowest BCUT2D eigenvalue weighted by atomic mass is 10.2. The average molecular weight is 369 g/mol. The minimum atomic E-state index is -0.477. The zero-order valence-corrected chi connectivity index (χ0v) is 15.1. The molecule has 0 unspecified atom stereocenters. The first-order chi connectivity index (χ1) is 13.1. The van der Waals surface area contributed by atoms with E-state index in [2.05, 4.69) is 22.8 Å². The molecule has 2 aromatic rings. The molecule has 2 amide bonds. The molecule has 0 bridgehead atoms. The molecule has 3 N–H and O–H groups in total. The number of unbranched alkanes of at least 4 members (excludes halogenated alkanes) is 1. The van der Waals surface area contributed by atoms with E-state index in [0.29, 0.717) is 23.5 Å². The molecule has 27 heavy (non-hydrogen) atoms. The van der Waals surface area contributed by atoms with E-state index in [-0.39, 0.29) is 18.2 Å². The number of benzene rings is 2. The lowest BCUT2D eigenvalue weighted by Crippen LogP contribution is -2.34. The van der Waals surface area contributed by atoms with Crippen LogP contribution in [-0.2, 0) is 4.79 Å². The topological polar surface area (TPSA) is 100 Å². The second-order valence-electron chi connectivity index (χ2n) is 5.76. The molecule has 0 spiro atoms. The standard InChI is InChI=1S/C20H23N3O4/c1-2-3-12-27-17-10-8-15(9-11-17)20(26)21-14-19(25)23-22-13-16-6-4-5-7-18(16)24/h4-11,13,24H,2-3,12,14H2,1H3,(H,21,26)(H,23,25)/b22-13-. The minimum absolute atomic E-state index is 0.0610. The zero-order chi connectivity index (χ0) is 19.5. The number of carbonyl (C=O) groups is 2. The maximum Gasteiger partial charge on any atom is 0.259 e. The van der Waals surface area contributed by atoms with Crippen LogP contribution in [0, 0.1) is 0 Å². The largest absolute Gasteiger partial charge is 0.507 e. The highest BCUT2D eigenvalue weighted by molar-refractivity contribution is 5.96. The molecule has 0 fully saturated rings. The number of nitrogens with zero attached hydrogens (tertiary/aromatic N) is 1. The quantitative estimate of drug-likeness (QED) is 0.359. The van der Waals surface area contributed by atoms with Crippen molar-refractivity contribution >= 4 is 18.0 Å². The normalized spacial score (nSPS) is 10.6. The van der Waals surface area contributed by atoms with Crippen LogP contribution in [0.5, 0.6) is 11.5 Å². The van der Waals surface area contributed by atoms with E-state index < -0.39 is 5.91 Å². The third-order valence-electron chi connectivity index (χ3n) is 3.62. The molecule has 0 saturated carbocycles. The fourth-order valence-electron chi connectivity index (χ4n) is 2.11. The summed E-state index contributed by atoms with van der Waals surface area (Å²) >= 11 is 0. The molecule has 142 valence electrons. The summed E-state index contributed by atoms with van der Waals surface area (Å²) in [7, 11) is 0. The maximum absolute atomic E-state index is 12.1. The SMILES string of the molecule is CCCCOc1ccc(C(=O)NCC(=O)N/N=C\c2ccccc2O)cc1. The van der Waals surface area contributed by atoms with Gasteiger partial charge in [0.25, 0.3) is 11.8 Å². The van der Waals surface area contributed by atoms with Crippen molar-refractivity contribution in [1.29, 1.82) is 0 Å². The number of para-hydroxylation sites is 1. The fourth-order valence-corrected chi connectivity index (χ4v) is 2.11. The van der Waals surface area contributed by atoms with E-state index in [1.54, 1.807) is 42.5 Å². The second kappa shape index (κ2) is 10.6. The van der Waals surface area contributed by atoms with Gasteiger partial charge in [0.1, 0.15) is 11.5 Å². The average Bonchev–Trinajstić information content (AvgIpc) is 2.68. The number of phenolic OH excluding ortho intramolecular Hbond substituents is 1. The minimum Gasteiger partial charge on any atom is -0.507 e. The molecule has 0 aliphatic rings. The number of nitrogens with one attached hydrogen (secondary N) is 2. The monoisotopic (exact) mass is 369 g/mol. The Morgan fingerprint density at radius 3 is 2.59 bits per heavy atom. The van der Waals surface area contributed by atoms with Gasteiger partial charge in [-0.15, -0.1) is 0 Å². The number of hydrogen-bond donors (Lipinski definition) is 3. The van der Waals surface area contributed by atoms with Crippen molar-refractivity contribution in [3.05, 3.63) is 59.7 Å². The Labute approximate surface area is 158 Å². The van der Waals surface area contributed by atoms with Crippen LogP contribution >= 0.6 is 0 Å². The molecule has 7 nitrogen and oxygen atoms in total. The molecule has 0 saturated heterocycles. The molecule has 0 aliphatic heterocycles. The van der Waals surface area contributed by atoms with Crippen LogP contribution in [0.2, 0.25) is 0 Å². The van der Waals surface area contributed by atoms with Crippen molar-refractivity contribution in [1.82, 2.24) is 10.7 Å². The van der Waals surface area contributed by atoms with Crippen LogP contribution < -0.4 is 15.5 Å². The number of aromatic hydroxyl groups is 1. The Kier molecular flexibility index (Phi) is 7.84. The molecule has 2 rings (SSSR count). The lowest BCUT2D eigenvalue weighted by Gasteiger charge is -2.07. The third kappa shape index (κ3) is 6.81. The first-order valence-electron chi connectivity index (χ1n) is 8.71. The van der Waals surface area contributed by atoms with Crippen molar-refractivity contribution < 1.29 is 19.4 Å². The predicted octanol–water partition coefficient (Wildman–Crippen LogP) is 2.45. The van der Waals surface area contributed by atoms with Gasteiger partial charge in [-0.05, 0) is 42.8 Å². The highest BCUT2D eigenvalue weighted by Gasteiger charge is 2.08. The van der Waals surface area contributed by atoms with Crippen LogP contribution in [0.1, 0.15) is 35.7 Å². The molecule has 0 aromatic heterocycles. The summed E-state index contributed by atoms with van der Waals surface area (Å²) in [5.41, 5.74) is 3.20. The summed E-state index contributed by atoms with van der Waals surface area (Å²) in [6, 6.07) is 13.3. The van der Waals surface area contributed by atoms with E-state index in [1.165, 1.54) is 12.3 Å². The molecular formula is C20H23N3O4. The predicted molar refractivity (Wildman–Crippen MR) is 103 cm³/mol. The van der Waals surface area contributed by atoms with Gasteiger partial charge in [-0.1, -0.05) is 25.5 Å². The number of hydrazone groups is 1. The van der Waals surface area contributed by atoms with Crippen LogP contribution in [0.4, 0.5) is 0 Å². The molecule has 0 atom stereocenters. The van der Waals surface area contributed by atoms with Gasteiger partial charge in [-0.3, -0.25) is 9.59 Å². The summed E-state index contributed by atoms with van der Waals surface area (Å²) < 4.78 is 5.54. The number of phenols is 1. The van der Waals surface area contributed by atoms with Crippen molar-refractivity contribution in [2.45, 2.75) is 19.8 Å². The molecule has 0 aliphatic carbocycles. The number of ether oxygens (including phenoxy) is 1. The Hall–Kier alpha value is -3.35. The smallest absolute Gasteiger partial charge is 0.259 e. The Morgan fingerprint density at radius 2 is 1.89 bits per heavy atom. The van der Waals surface area contributed by atoms with Crippen molar-refractivity contribution in [3.63, 3.8) is 0 Å². The van der Waals surface area contributed by atoms with Gasteiger partial charge in [0.2, 0.25) is 0 Å². The summed E-state index contributed by atoms with van der Waals surface area (Å²) in [4.78, 5) is 23.8. The number of hydrogen-bond acceptors (Lipinski definition) is 5. The van der Waals surface area contributed by atoms with Gasteiger partial charge < -0.3 is 15.2 Å². The van der Waals surface area contributed by atoms with Crippen molar-refractivity contribution in [3.8, 4) is 11.5 Å². The van der Waals surface area contributed by atoms with Crippen molar-refractivity contribution in [2.75, 3.05) is 13.2 Å². The zero-order valence-electron chi connectivity index (χ0n) is 15.1. The highest BCUT2D eigenvalue weighted by Crippen LogP contribution is 2.13. The van der Waals surface area contributed by atoms with Crippen molar-refractivity contribution in [2.24, 2.45) is 5.10 Å². The van der Waals surface area contributed by atoms with Gasteiger partial charge in [-0.2, -0.15) is 5.10 Å². The second-order valence-corrected chi connectivity index (χ2v) is 5.76. The first-order valence-corrected chi connectivity index (χ1v) is 8.71. The van der Waals surface area contributed by atoms with E-state index in [9.17, 15) is 14.7 Å². The van der Waals surface area contributed by atoms with Crippen LogP contribution in [-0.4, -0.2) is 36.3 Å². The number of amides is 2. The summed E-state index contributed by atoms with van der Waals surface area (Å²) in [6.07, 6.45) is 3.36. The van der Waals surface area contributed by atoms with Crippen LogP contribution in [0.3, 0.4) is 0 Å². The summed E-state index contributed by atoms with van der Waals surface area (Å²) in [5.74, 6) is -0.0772. The van der Waals surface area contributed by atoms with Gasteiger partial charge in [-0.25, -0.2) is 5.43 Å². The molecule has 0 heterocycles. The fraction of sp³-hybridized carbons (Fsp3) is 0.250. The lowest BCUT2D eigenvalue weighted by molar-refractivity contribution is -0.120. The van der Waals surface area contributed by atoms with E-state index in [0.717, 1.165) is 12.8 Å². The molecule has 0 radical (unpaired) electrons. The van der Waals surface area contributed by atoms with Gasteiger partial charge >= 0.3 is 0 Å². The number of carbonyl (C=O) groups excluding carboxylic acids is 2. The summed E-state index contributed by atoms with van der Waals surface area (Å²) in [5, 5.41) is 15.9. The first kappa shape index (κ1) is 20.0. The van der Waals surface area contributed by atoms with E-state index in [1.807, 2.05) is 0 Å². The molecule has 7 heteroatoms. The maximum atomic E-state index is 12.1. The Balaban J connectivity index is 1.76. The third-order valence-corrected chi connectivity index (χ3v) is 3.62. The van der Waals surface area contributed by atoms with Crippen LogP contribution in [0.15, 0.2) is 53.6 Å². The van der Waals surface area contributed by atoms with Gasteiger partial charge in [0.15, 0.2) is 0 Å².